The standard InChI is InChI=1S/C28H30F6O/c1-2-3-16-4-6-17(7-5-16)19-9-11-25(35-15-19)18-8-10-21(22(29)12-18)27(33)26(32)20-13-23(30)28(34)24(31)14-20/h8,10,12-14,16-17,19,25H,2-7,9,11,15H2,1H3/b27-26+. The van der Waals surface area contributed by atoms with E-state index in [1.54, 1.807) is 0 Å². The van der Waals surface area contributed by atoms with Crippen LogP contribution in [0.3, 0.4) is 0 Å². The van der Waals surface area contributed by atoms with Crippen molar-refractivity contribution in [2.45, 2.75) is 64.4 Å². The number of benzene rings is 2. The molecular formula is C28H30F6O. The Hall–Kier alpha value is -2.28. The van der Waals surface area contributed by atoms with Crippen molar-refractivity contribution in [2.24, 2.45) is 17.8 Å². The van der Waals surface area contributed by atoms with Gasteiger partial charge in [-0.25, -0.2) is 26.3 Å². The molecule has 1 saturated carbocycles. The second-order valence-electron chi connectivity index (χ2n) is 9.85. The van der Waals surface area contributed by atoms with Gasteiger partial charge in [-0.3, -0.25) is 0 Å². The van der Waals surface area contributed by atoms with E-state index in [2.05, 4.69) is 6.92 Å². The summed E-state index contributed by atoms with van der Waals surface area (Å²) in [5.41, 5.74) is -1.01. The largest absolute Gasteiger partial charge is 0.373 e. The molecule has 2 aliphatic rings. The average Bonchev–Trinajstić information content (AvgIpc) is 2.87. The summed E-state index contributed by atoms with van der Waals surface area (Å²) in [6.45, 7) is 2.83. The molecule has 1 saturated heterocycles. The van der Waals surface area contributed by atoms with E-state index in [4.69, 9.17) is 4.74 Å². The van der Waals surface area contributed by atoms with Crippen LogP contribution in [0.4, 0.5) is 26.3 Å². The maximum absolute atomic E-state index is 14.7. The zero-order valence-corrected chi connectivity index (χ0v) is 19.7. The van der Waals surface area contributed by atoms with Crippen molar-refractivity contribution in [3.8, 4) is 0 Å². The van der Waals surface area contributed by atoms with Crippen LogP contribution in [-0.4, -0.2) is 6.61 Å². The smallest absolute Gasteiger partial charge is 0.194 e. The Balaban J connectivity index is 1.41. The fourth-order valence-electron chi connectivity index (χ4n) is 5.60. The van der Waals surface area contributed by atoms with Gasteiger partial charge in [-0.15, -0.1) is 0 Å². The highest BCUT2D eigenvalue weighted by Crippen LogP contribution is 2.42. The Kier molecular flexibility index (Phi) is 8.25. The average molecular weight is 497 g/mol. The number of ether oxygens (including phenoxy) is 1. The molecule has 190 valence electrons. The molecule has 2 atom stereocenters. The summed E-state index contributed by atoms with van der Waals surface area (Å²) in [6.07, 6.45) is 8.90. The van der Waals surface area contributed by atoms with Gasteiger partial charge in [0, 0.05) is 11.1 Å². The molecule has 4 rings (SSSR count). The van der Waals surface area contributed by atoms with Gasteiger partial charge < -0.3 is 4.74 Å². The van der Waals surface area contributed by atoms with E-state index < -0.39 is 46.0 Å². The van der Waals surface area contributed by atoms with E-state index in [1.165, 1.54) is 44.6 Å². The third-order valence-electron chi connectivity index (χ3n) is 7.60. The van der Waals surface area contributed by atoms with Crippen molar-refractivity contribution in [2.75, 3.05) is 6.61 Å². The summed E-state index contributed by atoms with van der Waals surface area (Å²) in [5.74, 6) is -7.45. The van der Waals surface area contributed by atoms with Crippen LogP contribution in [0.15, 0.2) is 30.3 Å². The van der Waals surface area contributed by atoms with Crippen molar-refractivity contribution in [3.63, 3.8) is 0 Å². The number of hydrogen-bond acceptors (Lipinski definition) is 1. The maximum atomic E-state index is 14.7. The minimum atomic E-state index is -1.80. The van der Waals surface area contributed by atoms with E-state index in [9.17, 15) is 26.3 Å². The zero-order valence-electron chi connectivity index (χ0n) is 19.7. The van der Waals surface area contributed by atoms with Gasteiger partial charge in [0.25, 0.3) is 0 Å². The predicted octanol–water partition coefficient (Wildman–Crippen LogP) is 9.08. The summed E-state index contributed by atoms with van der Waals surface area (Å²) >= 11 is 0. The van der Waals surface area contributed by atoms with Gasteiger partial charge in [-0.1, -0.05) is 38.7 Å². The lowest BCUT2D eigenvalue weighted by atomic mass is 9.73. The van der Waals surface area contributed by atoms with Crippen LogP contribution in [0.5, 0.6) is 0 Å². The minimum absolute atomic E-state index is 0.322. The Morgan fingerprint density at radius 2 is 1.46 bits per heavy atom. The molecule has 1 aliphatic carbocycles. The van der Waals surface area contributed by atoms with Crippen molar-refractivity contribution in [3.05, 3.63) is 70.3 Å². The molecule has 2 unspecified atom stereocenters. The molecule has 0 N–H and O–H groups in total. The van der Waals surface area contributed by atoms with Crippen molar-refractivity contribution >= 4 is 11.7 Å². The van der Waals surface area contributed by atoms with Crippen molar-refractivity contribution in [1.82, 2.24) is 0 Å². The van der Waals surface area contributed by atoms with Crippen LogP contribution in [0.2, 0.25) is 0 Å². The summed E-state index contributed by atoms with van der Waals surface area (Å²) in [6, 6.07) is 4.30. The van der Waals surface area contributed by atoms with Crippen LogP contribution in [0, 0.1) is 41.0 Å². The lowest BCUT2D eigenvalue weighted by Gasteiger charge is -2.38. The second-order valence-corrected chi connectivity index (χ2v) is 9.85. The quantitative estimate of drug-likeness (QED) is 0.220. The van der Waals surface area contributed by atoms with Gasteiger partial charge in [0.2, 0.25) is 0 Å². The predicted molar refractivity (Wildman–Crippen MR) is 124 cm³/mol. The number of hydrogen-bond donors (Lipinski definition) is 0. The molecule has 0 spiro atoms. The first kappa shape index (κ1) is 25.8. The monoisotopic (exact) mass is 496 g/mol. The van der Waals surface area contributed by atoms with E-state index >= 15 is 0 Å². The van der Waals surface area contributed by atoms with Gasteiger partial charge in [0.1, 0.15) is 5.82 Å². The van der Waals surface area contributed by atoms with Gasteiger partial charge in [-0.2, -0.15) is 0 Å². The topological polar surface area (TPSA) is 9.23 Å². The summed E-state index contributed by atoms with van der Waals surface area (Å²) in [7, 11) is 0. The number of rotatable bonds is 6. The second kappa shape index (κ2) is 11.2. The highest BCUT2D eigenvalue weighted by molar-refractivity contribution is 5.83. The molecule has 0 bridgehead atoms. The zero-order chi connectivity index (χ0) is 25.1. The van der Waals surface area contributed by atoms with Crippen molar-refractivity contribution < 1.29 is 31.1 Å². The molecule has 0 amide bonds. The normalized spacial score (nSPS) is 25.9. The SMILES string of the molecule is CCCC1CCC(C2CCC(c3ccc(/C(F)=C(\F)c4cc(F)c(F)c(F)c4)c(F)c3)OC2)CC1. The van der Waals surface area contributed by atoms with Crippen LogP contribution < -0.4 is 0 Å². The molecule has 0 radical (unpaired) electrons. The molecule has 35 heavy (non-hydrogen) atoms. The van der Waals surface area contributed by atoms with Crippen LogP contribution in [-0.2, 0) is 4.74 Å². The van der Waals surface area contributed by atoms with Crippen LogP contribution >= 0.6 is 0 Å². The lowest BCUT2D eigenvalue weighted by molar-refractivity contribution is -0.0405. The molecule has 2 aromatic carbocycles. The summed E-state index contributed by atoms with van der Waals surface area (Å²) in [5, 5.41) is 0. The van der Waals surface area contributed by atoms with Gasteiger partial charge >= 0.3 is 0 Å². The van der Waals surface area contributed by atoms with E-state index in [0.717, 1.165) is 30.9 Å². The van der Waals surface area contributed by atoms with Gasteiger partial charge in [0.05, 0.1) is 12.7 Å². The Bertz CT molecular complexity index is 1040. The minimum Gasteiger partial charge on any atom is -0.373 e. The molecule has 1 aliphatic heterocycles. The number of halogens is 6. The highest BCUT2D eigenvalue weighted by Gasteiger charge is 2.32. The highest BCUT2D eigenvalue weighted by atomic mass is 19.2. The summed E-state index contributed by atoms with van der Waals surface area (Å²) in [4.78, 5) is 0. The van der Waals surface area contributed by atoms with E-state index in [1.807, 2.05) is 0 Å². The fourth-order valence-corrected chi connectivity index (χ4v) is 5.60. The maximum Gasteiger partial charge on any atom is 0.194 e. The molecular weight excluding hydrogens is 466 g/mol. The summed E-state index contributed by atoms with van der Waals surface area (Å²) < 4.78 is 89.8. The Morgan fingerprint density at radius 1 is 0.800 bits per heavy atom. The first-order valence-electron chi connectivity index (χ1n) is 12.4. The molecule has 2 fully saturated rings. The van der Waals surface area contributed by atoms with Crippen LogP contribution in [0.1, 0.15) is 81.1 Å². The molecule has 0 aromatic heterocycles. The third-order valence-corrected chi connectivity index (χ3v) is 7.60. The Morgan fingerprint density at radius 3 is 2.03 bits per heavy atom. The Labute approximate surface area is 202 Å². The van der Waals surface area contributed by atoms with Gasteiger partial charge in [-0.05, 0) is 73.3 Å². The molecule has 2 aromatic rings. The third kappa shape index (κ3) is 5.76. The molecule has 1 nitrogen and oxygen atoms in total. The van der Waals surface area contributed by atoms with E-state index in [-0.39, 0.29) is 6.10 Å². The van der Waals surface area contributed by atoms with Gasteiger partial charge in [0.15, 0.2) is 29.1 Å². The van der Waals surface area contributed by atoms with E-state index in [0.29, 0.717) is 36.1 Å². The van der Waals surface area contributed by atoms with Crippen molar-refractivity contribution in [1.29, 1.82) is 0 Å². The molecule has 1 heterocycles. The lowest BCUT2D eigenvalue weighted by Crippen LogP contribution is -2.29. The first-order chi connectivity index (χ1) is 16.8. The van der Waals surface area contributed by atoms with Crippen LogP contribution in [0.25, 0.3) is 11.7 Å². The fraction of sp³-hybridized carbons (Fsp3) is 0.500. The molecule has 7 heteroatoms. The first-order valence-corrected chi connectivity index (χ1v) is 12.4.